The standard InChI is InChI=1S/C17H26N2O/c1-5-14-9-15(20-18-14)11-19(4)10-12-6-7-13-8-16(12)17(13,2)3/h6,9,13,16H,5,7-8,10-11H2,1-4H3/t13-,16-/m0/s1. The summed E-state index contributed by atoms with van der Waals surface area (Å²) in [7, 11) is 2.17. The first kappa shape index (κ1) is 13.9. The third kappa shape index (κ3) is 2.32. The van der Waals surface area contributed by atoms with Crippen LogP contribution in [0.3, 0.4) is 0 Å². The van der Waals surface area contributed by atoms with Gasteiger partial charge in [0, 0.05) is 12.6 Å². The number of hydrogen-bond donors (Lipinski definition) is 0. The predicted molar refractivity (Wildman–Crippen MR) is 80.3 cm³/mol. The van der Waals surface area contributed by atoms with E-state index < -0.39 is 0 Å². The quantitative estimate of drug-likeness (QED) is 0.767. The van der Waals surface area contributed by atoms with Crippen LogP contribution in [-0.2, 0) is 13.0 Å². The van der Waals surface area contributed by atoms with Crippen LogP contribution >= 0.6 is 0 Å². The summed E-state index contributed by atoms with van der Waals surface area (Å²) in [5, 5.41) is 4.06. The van der Waals surface area contributed by atoms with Crippen LogP contribution in [-0.4, -0.2) is 23.6 Å². The lowest BCUT2D eigenvalue weighted by molar-refractivity contribution is -0.0103. The van der Waals surface area contributed by atoms with Crippen molar-refractivity contribution in [3.63, 3.8) is 0 Å². The Kier molecular flexibility index (Phi) is 3.49. The van der Waals surface area contributed by atoms with E-state index in [0.29, 0.717) is 5.41 Å². The van der Waals surface area contributed by atoms with E-state index in [1.807, 2.05) is 0 Å². The van der Waals surface area contributed by atoms with Crippen molar-refractivity contribution in [1.82, 2.24) is 10.1 Å². The van der Waals surface area contributed by atoms with Crippen molar-refractivity contribution in [2.24, 2.45) is 17.3 Å². The highest BCUT2D eigenvalue weighted by molar-refractivity contribution is 5.24. The Hall–Kier alpha value is -1.09. The molecule has 1 aromatic heterocycles. The fourth-order valence-electron chi connectivity index (χ4n) is 3.89. The second kappa shape index (κ2) is 5.03. The number of nitrogens with zero attached hydrogens (tertiary/aromatic N) is 2. The summed E-state index contributed by atoms with van der Waals surface area (Å²) in [6, 6.07) is 2.08. The lowest BCUT2D eigenvalue weighted by atomic mass is 9.49. The topological polar surface area (TPSA) is 29.3 Å². The van der Waals surface area contributed by atoms with Crippen molar-refractivity contribution >= 4 is 0 Å². The summed E-state index contributed by atoms with van der Waals surface area (Å²) < 4.78 is 5.38. The zero-order valence-electron chi connectivity index (χ0n) is 13.1. The van der Waals surface area contributed by atoms with Gasteiger partial charge in [-0.15, -0.1) is 0 Å². The Morgan fingerprint density at radius 2 is 2.20 bits per heavy atom. The van der Waals surface area contributed by atoms with E-state index >= 15 is 0 Å². The monoisotopic (exact) mass is 274 g/mol. The second-order valence-corrected chi connectivity index (χ2v) is 7.13. The van der Waals surface area contributed by atoms with Crippen LogP contribution in [0.5, 0.6) is 0 Å². The van der Waals surface area contributed by atoms with Crippen LogP contribution in [0, 0.1) is 17.3 Å². The van der Waals surface area contributed by atoms with Gasteiger partial charge in [-0.25, -0.2) is 0 Å². The Morgan fingerprint density at radius 1 is 1.40 bits per heavy atom. The lowest BCUT2D eigenvalue weighted by Crippen LogP contribution is -2.49. The highest BCUT2D eigenvalue weighted by atomic mass is 16.5. The minimum absolute atomic E-state index is 0.520. The molecule has 3 nitrogen and oxygen atoms in total. The van der Waals surface area contributed by atoms with Crippen molar-refractivity contribution in [2.45, 2.75) is 46.6 Å². The molecule has 0 radical (unpaired) electrons. The van der Waals surface area contributed by atoms with Gasteiger partial charge in [-0.05, 0) is 43.6 Å². The van der Waals surface area contributed by atoms with Gasteiger partial charge in [-0.3, -0.25) is 4.90 Å². The number of aromatic nitrogens is 1. The normalized spacial score (nSPS) is 27.4. The number of hydrogen-bond acceptors (Lipinski definition) is 3. The van der Waals surface area contributed by atoms with Crippen LogP contribution < -0.4 is 0 Å². The summed E-state index contributed by atoms with van der Waals surface area (Å²) >= 11 is 0. The van der Waals surface area contributed by atoms with Gasteiger partial charge >= 0.3 is 0 Å². The first-order valence-corrected chi connectivity index (χ1v) is 7.82. The SMILES string of the molecule is CCc1cc(CN(C)CC2=CC[C@H]3C[C@@H]2C3(C)C)on1. The van der Waals surface area contributed by atoms with Crippen molar-refractivity contribution in [1.29, 1.82) is 0 Å². The molecular weight excluding hydrogens is 248 g/mol. The molecule has 0 unspecified atom stereocenters. The Bertz CT molecular complexity index is 515. The Labute approximate surface area is 122 Å². The molecule has 0 spiro atoms. The van der Waals surface area contributed by atoms with Gasteiger partial charge in [0.1, 0.15) is 0 Å². The first-order valence-electron chi connectivity index (χ1n) is 7.82. The van der Waals surface area contributed by atoms with Gasteiger partial charge in [0.25, 0.3) is 0 Å². The fraction of sp³-hybridized carbons (Fsp3) is 0.706. The molecule has 3 aliphatic carbocycles. The molecule has 2 atom stereocenters. The molecule has 3 aliphatic rings. The average molecular weight is 274 g/mol. The molecule has 3 heteroatoms. The van der Waals surface area contributed by atoms with Gasteiger partial charge in [0.15, 0.2) is 5.76 Å². The van der Waals surface area contributed by atoms with E-state index in [1.54, 1.807) is 5.57 Å². The maximum Gasteiger partial charge on any atom is 0.150 e. The number of fused-ring (bicyclic) bond motifs is 1. The Balaban J connectivity index is 1.59. The zero-order chi connectivity index (χ0) is 14.3. The molecule has 0 aromatic carbocycles. The van der Waals surface area contributed by atoms with Gasteiger partial charge < -0.3 is 4.52 Å². The van der Waals surface area contributed by atoms with Gasteiger partial charge in [0.05, 0.1) is 12.2 Å². The summed E-state index contributed by atoms with van der Waals surface area (Å²) in [5.74, 6) is 2.69. The molecular formula is C17H26N2O. The molecule has 1 fully saturated rings. The van der Waals surface area contributed by atoms with Crippen molar-refractivity contribution in [3.05, 3.63) is 29.2 Å². The summed E-state index contributed by atoms with van der Waals surface area (Å²) in [5.41, 5.74) is 3.20. The smallest absolute Gasteiger partial charge is 0.150 e. The van der Waals surface area contributed by atoms with E-state index in [0.717, 1.165) is 42.8 Å². The molecule has 0 amide bonds. The summed E-state index contributed by atoms with van der Waals surface area (Å²) in [6.07, 6.45) is 6.10. The number of likely N-dealkylation sites (N-methyl/N-ethyl adjacent to an activating group) is 1. The largest absolute Gasteiger partial charge is 0.360 e. The highest BCUT2D eigenvalue weighted by Gasteiger charge is 2.50. The number of allylic oxidation sites excluding steroid dienone is 1. The summed E-state index contributed by atoms with van der Waals surface area (Å²) in [4.78, 5) is 2.35. The van der Waals surface area contributed by atoms with E-state index in [9.17, 15) is 0 Å². The summed E-state index contributed by atoms with van der Waals surface area (Å²) in [6.45, 7) is 8.88. The van der Waals surface area contributed by atoms with Crippen molar-refractivity contribution in [3.8, 4) is 0 Å². The molecule has 1 saturated carbocycles. The maximum absolute atomic E-state index is 5.38. The van der Waals surface area contributed by atoms with Crippen molar-refractivity contribution in [2.75, 3.05) is 13.6 Å². The van der Waals surface area contributed by atoms with Crippen LogP contribution in [0.15, 0.2) is 22.2 Å². The van der Waals surface area contributed by atoms with E-state index in [2.05, 4.69) is 50.0 Å². The first-order chi connectivity index (χ1) is 9.50. The average Bonchev–Trinajstić information content (AvgIpc) is 2.86. The molecule has 1 heterocycles. The molecule has 1 aromatic rings. The predicted octanol–water partition coefficient (Wildman–Crippen LogP) is 3.66. The van der Waals surface area contributed by atoms with Crippen molar-refractivity contribution < 1.29 is 4.52 Å². The van der Waals surface area contributed by atoms with Gasteiger partial charge in [-0.2, -0.15) is 0 Å². The molecule has 4 rings (SSSR count). The molecule has 2 bridgehead atoms. The highest BCUT2D eigenvalue weighted by Crippen LogP contribution is 2.59. The third-order valence-corrected chi connectivity index (χ3v) is 5.43. The molecule has 0 saturated heterocycles. The Morgan fingerprint density at radius 3 is 2.80 bits per heavy atom. The van der Waals surface area contributed by atoms with E-state index in [1.165, 1.54) is 12.8 Å². The lowest BCUT2D eigenvalue weighted by Gasteiger charge is -2.57. The molecule has 0 aliphatic heterocycles. The van der Waals surface area contributed by atoms with Gasteiger partial charge in [0.2, 0.25) is 0 Å². The number of rotatable bonds is 5. The molecule has 0 N–H and O–H groups in total. The maximum atomic E-state index is 5.38. The van der Waals surface area contributed by atoms with Crippen LogP contribution in [0.4, 0.5) is 0 Å². The van der Waals surface area contributed by atoms with E-state index in [4.69, 9.17) is 4.52 Å². The van der Waals surface area contributed by atoms with Gasteiger partial charge in [-0.1, -0.05) is 37.6 Å². The minimum atomic E-state index is 0.520. The van der Waals surface area contributed by atoms with Crippen LogP contribution in [0.1, 0.15) is 45.1 Å². The molecule has 110 valence electrons. The van der Waals surface area contributed by atoms with Crippen LogP contribution in [0.2, 0.25) is 0 Å². The number of aryl methyl sites for hydroxylation is 1. The van der Waals surface area contributed by atoms with Crippen LogP contribution in [0.25, 0.3) is 0 Å². The molecule has 20 heavy (non-hydrogen) atoms. The third-order valence-electron chi connectivity index (χ3n) is 5.43. The zero-order valence-corrected chi connectivity index (χ0v) is 13.1. The second-order valence-electron chi connectivity index (χ2n) is 7.13. The minimum Gasteiger partial charge on any atom is -0.360 e. The van der Waals surface area contributed by atoms with E-state index in [-0.39, 0.29) is 0 Å². The fourth-order valence-corrected chi connectivity index (χ4v) is 3.89.